The number of morpholine rings is 1. The summed E-state index contributed by atoms with van der Waals surface area (Å²) in [6.07, 6.45) is -0.0948. The van der Waals surface area contributed by atoms with Crippen molar-refractivity contribution in [3.05, 3.63) is 10.6 Å². The summed E-state index contributed by atoms with van der Waals surface area (Å²) in [6.45, 7) is 7.09. The molecule has 5 nitrogen and oxygen atoms in total. The number of carbonyl (C=O) groups excluding carboxylic acids is 1. The number of ether oxygens (including phenoxy) is 1. The summed E-state index contributed by atoms with van der Waals surface area (Å²) in [5, 5.41) is 4.05. The van der Waals surface area contributed by atoms with Crippen LogP contribution in [0.25, 0.3) is 0 Å². The van der Waals surface area contributed by atoms with E-state index >= 15 is 0 Å². The first-order valence-corrected chi connectivity index (χ1v) is 7.66. The highest BCUT2D eigenvalue weighted by Crippen LogP contribution is 2.23. The molecule has 1 aliphatic rings. The smallest absolute Gasteiger partial charge is 0.267 e. The Kier molecular flexibility index (Phi) is 4.76. The van der Waals surface area contributed by atoms with Crippen LogP contribution in [0.3, 0.4) is 0 Å². The molecule has 0 radical (unpaired) electrons. The van der Waals surface area contributed by atoms with Crippen molar-refractivity contribution in [1.82, 2.24) is 14.5 Å². The Morgan fingerprint density at radius 2 is 2.32 bits per heavy atom. The molecule has 0 spiro atoms. The fourth-order valence-corrected chi connectivity index (χ4v) is 3.12. The number of halogens is 1. The molecule has 0 bridgehead atoms. The van der Waals surface area contributed by atoms with Crippen LogP contribution in [-0.2, 0) is 4.74 Å². The van der Waals surface area contributed by atoms with Gasteiger partial charge in [-0.2, -0.15) is 0 Å². The maximum absolute atomic E-state index is 12.6. The van der Waals surface area contributed by atoms with Crippen molar-refractivity contribution in [2.45, 2.75) is 38.9 Å². The molecule has 2 rings (SSSR count). The Morgan fingerprint density at radius 1 is 1.58 bits per heavy atom. The third-order valence-electron chi connectivity index (χ3n) is 3.04. The molecular weight excluding hydrogens is 286 g/mol. The maximum Gasteiger partial charge on any atom is 0.267 e. The fraction of sp³-hybridized carbons (Fsp3) is 0.750. The van der Waals surface area contributed by atoms with Crippen molar-refractivity contribution in [2.75, 3.05) is 19.0 Å². The molecule has 0 saturated carbocycles. The quantitative estimate of drug-likeness (QED) is 0.803. The van der Waals surface area contributed by atoms with Crippen LogP contribution < -0.4 is 0 Å². The highest BCUT2D eigenvalue weighted by atomic mass is 35.5. The van der Waals surface area contributed by atoms with Crippen molar-refractivity contribution < 1.29 is 9.53 Å². The molecule has 2 heterocycles. The second kappa shape index (κ2) is 6.15. The molecule has 1 amide bonds. The number of alkyl halides is 1. The molecule has 1 aromatic heterocycles. The average molecular weight is 304 g/mol. The summed E-state index contributed by atoms with van der Waals surface area (Å²) in [5.41, 5.74) is 0.775. The number of nitrogens with zero attached hydrogens (tertiary/aromatic N) is 3. The van der Waals surface area contributed by atoms with E-state index in [0.717, 1.165) is 17.2 Å². The van der Waals surface area contributed by atoms with Gasteiger partial charge in [0, 0.05) is 13.1 Å². The standard InChI is InChI=1S/C12H18ClN3O2S/c1-7(2)10-11(19-15-14-10)12(17)16-5-8(3)18-9(4-13)6-16/h7-9H,4-6H2,1-3H3. The lowest BCUT2D eigenvalue weighted by atomic mass is 10.1. The summed E-state index contributed by atoms with van der Waals surface area (Å²) in [6, 6.07) is 0. The van der Waals surface area contributed by atoms with Gasteiger partial charge in [-0.25, -0.2) is 0 Å². The predicted octanol–water partition coefficient (Wildman–Crippen LogP) is 2.13. The molecule has 1 fully saturated rings. The number of hydrogen-bond donors (Lipinski definition) is 0. The van der Waals surface area contributed by atoms with Crippen molar-refractivity contribution in [3.8, 4) is 0 Å². The van der Waals surface area contributed by atoms with Gasteiger partial charge >= 0.3 is 0 Å². The molecule has 1 aliphatic heterocycles. The normalized spacial score (nSPS) is 23.9. The van der Waals surface area contributed by atoms with E-state index in [2.05, 4.69) is 9.59 Å². The van der Waals surface area contributed by atoms with Gasteiger partial charge in [-0.05, 0) is 24.4 Å². The minimum Gasteiger partial charge on any atom is -0.370 e. The van der Waals surface area contributed by atoms with Crippen LogP contribution in [0.2, 0.25) is 0 Å². The zero-order valence-electron chi connectivity index (χ0n) is 11.3. The zero-order valence-corrected chi connectivity index (χ0v) is 12.9. The van der Waals surface area contributed by atoms with E-state index in [1.54, 1.807) is 4.90 Å². The molecule has 106 valence electrons. The van der Waals surface area contributed by atoms with E-state index < -0.39 is 0 Å². The molecule has 0 aliphatic carbocycles. The van der Waals surface area contributed by atoms with E-state index in [4.69, 9.17) is 16.3 Å². The van der Waals surface area contributed by atoms with Gasteiger partial charge in [-0.1, -0.05) is 18.3 Å². The summed E-state index contributed by atoms with van der Waals surface area (Å²) in [4.78, 5) is 15.0. The van der Waals surface area contributed by atoms with E-state index in [1.165, 1.54) is 0 Å². The van der Waals surface area contributed by atoms with Crippen molar-refractivity contribution in [1.29, 1.82) is 0 Å². The lowest BCUT2D eigenvalue weighted by molar-refractivity contribution is -0.0569. The van der Waals surface area contributed by atoms with Gasteiger partial charge in [-0.3, -0.25) is 4.79 Å². The largest absolute Gasteiger partial charge is 0.370 e. The first-order valence-electron chi connectivity index (χ1n) is 6.35. The van der Waals surface area contributed by atoms with E-state index in [9.17, 15) is 4.79 Å². The third-order valence-corrected chi connectivity index (χ3v) is 4.11. The van der Waals surface area contributed by atoms with Gasteiger partial charge in [0.25, 0.3) is 5.91 Å². The number of carbonyl (C=O) groups is 1. The van der Waals surface area contributed by atoms with Crippen LogP contribution in [0, 0.1) is 0 Å². The highest BCUT2D eigenvalue weighted by Gasteiger charge is 2.31. The second-order valence-corrected chi connectivity index (χ2v) is 6.14. The number of hydrogen-bond acceptors (Lipinski definition) is 5. The minimum absolute atomic E-state index is 0.00447. The van der Waals surface area contributed by atoms with Gasteiger partial charge in [0.2, 0.25) is 0 Å². The molecule has 0 N–H and O–H groups in total. The summed E-state index contributed by atoms with van der Waals surface area (Å²) in [5.74, 6) is 0.579. The van der Waals surface area contributed by atoms with Crippen LogP contribution >= 0.6 is 23.1 Å². The van der Waals surface area contributed by atoms with Crippen molar-refractivity contribution in [2.24, 2.45) is 0 Å². The molecule has 2 atom stereocenters. The van der Waals surface area contributed by atoms with E-state index in [0.29, 0.717) is 23.8 Å². The van der Waals surface area contributed by atoms with E-state index in [1.807, 2.05) is 20.8 Å². The lowest BCUT2D eigenvalue weighted by Crippen LogP contribution is -2.49. The Hall–Kier alpha value is -0.720. The Balaban J connectivity index is 2.16. The Bertz CT molecular complexity index is 452. The van der Waals surface area contributed by atoms with Gasteiger partial charge in [0.15, 0.2) is 0 Å². The molecule has 1 saturated heterocycles. The Morgan fingerprint density at radius 3 is 2.95 bits per heavy atom. The Labute approximate surface area is 122 Å². The monoisotopic (exact) mass is 303 g/mol. The number of amides is 1. The predicted molar refractivity (Wildman–Crippen MR) is 75.0 cm³/mol. The average Bonchev–Trinajstić information content (AvgIpc) is 2.86. The second-order valence-electron chi connectivity index (χ2n) is 5.08. The molecule has 19 heavy (non-hydrogen) atoms. The number of aromatic nitrogens is 2. The van der Waals surface area contributed by atoms with Crippen LogP contribution in [0.4, 0.5) is 0 Å². The molecule has 0 aromatic carbocycles. The molecule has 7 heteroatoms. The third kappa shape index (κ3) is 3.24. The zero-order chi connectivity index (χ0) is 14.0. The van der Waals surface area contributed by atoms with Crippen LogP contribution in [0.5, 0.6) is 0 Å². The first kappa shape index (κ1) is 14.7. The van der Waals surface area contributed by atoms with E-state index in [-0.39, 0.29) is 24.0 Å². The fourth-order valence-electron chi connectivity index (χ4n) is 2.16. The van der Waals surface area contributed by atoms with Gasteiger partial charge in [0.05, 0.1) is 23.8 Å². The maximum atomic E-state index is 12.6. The topological polar surface area (TPSA) is 55.3 Å². The van der Waals surface area contributed by atoms with Crippen LogP contribution in [-0.4, -0.2) is 51.6 Å². The van der Waals surface area contributed by atoms with Gasteiger partial charge in [0.1, 0.15) is 4.88 Å². The SMILES string of the molecule is CC1CN(C(=O)c2snnc2C(C)C)CC(CCl)O1. The number of rotatable bonds is 3. The lowest BCUT2D eigenvalue weighted by Gasteiger charge is -2.35. The van der Waals surface area contributed by atoms with Gasteiger partial charge in [-0.15, -0.1) is 16.7 Å². The van der Waals surface area contributed by atoms with Crippen LogP contribution in [0.15, 0.2) is 0 Å². The molecular formula is C12H18ClN3O2S. The molecule has 2 unspecified atom stereocenters. The summed E-state index contributed by atoms with van der Waals surface area (Å²) < 4.78 is 9.56. The highest BCUT2D eigenvalue weighted by molar-refractivity contribution is 7.08. The summed E-state index contributed by atoms with van der Waals surface area (Å²) >= 11 is 7.00. The first-order chi connectivity index (χ1) is 9.02. The molecule has 1 aromatic rings. The van der Waals surface area contributed by atoms with Crippen molar-refractivity contribution in [3.63, 3.8) is 0 Å². The van der Waals surface area contributed by atoms with Crippen molar-refractivity contribution >= 4 is 29.0 Å². The van der Waals surface area contributed by atoms with Crippen LogP contribution in [0.1, 0.15) is 42.1 Å². The van der Waals surface area contributed by atoms with Gasteiger partial charge < -0.3 is 9.64 Å². The minimum atomic E-state index is -0.0993. The summed E-state index contributed by atoms with van der Waals surface area (Å²) in [7, 11) is 0.